The molecule has 2 amide bonds. The molecule has 0 N–H and O–H groups in total. The van der Waals surface area contributed by atoms with E-state index in [4.69, 9.17) is 23.2 Å². The molecule has 7 heteroatoms. The number of likely N-dealkylation sites (tertiary alicyclic amines) is 1. The predicted octanol–water partition coefficient (Wildman–Crippen LogP) is 2.37. The molecule has 0 radical (unpaired) electrons. The highest BCUT2D eigenvalue weighted by atomic mass is 35.5. The molecule has 24 heavy (non-hydrogen) atoms. The van der Waals surface area contributed by atoms with Crippen molar-refractivity contribution in [3.63, 3.8) is 0 Å². The minimum absolute atomic E-state index is 0.0649. The smallest absolute Gasteiger partial charge is 0.254 e. The number of hydrogen-bond acceptors (Lipinski definition) is 3. The van der Waals surface area contributed by atoms with Gasteiger partial charge >= 0.3 is 0 Å². The topological polar surface area (TPSA) is 43.9 Å². The van der Waals surface area contributed by atoms with Gasteiger partial charge in [0, 0.05) is 54.9 Å². The second-order valence-corrected chi connectivity index (χ2v) is 7.19. The number of carbonyl (C=O) groups is 2. The molecule has 2 fully saturated rings. The minimum atomic E-state index is -0.0649. The van der Waals surface area contributed by atoms with Gasteiger partial charge in [0.05, 0.1) is 6.54 Å². The molecule has 0 aliphatic carbocycles. The van der Waals surface area contributed by atoms with E-state index in [0.717, 1.165) is 25.9 Å². The molecule has 2 saturated heterocycles. The number of amides is 2. The van der Waals surface area contributed by atoms with Crippen molar-refractivity contribution in [2.45, 2.75) is 12.8 Å². The van der Waals surface area contributed by atoms with Gasteiger partial charge in [-0.1, -0.05) is 23.2 Å². The van der Waals surface area contributed by atoms with Crippen LogP contribution in [0.15, 0.2) is 18.2 Å². The Morgan fingerprint density at radius 3 is 2.00 bits per heavy atom. The van der Waals surface area contributed by atoms with Crippen LogP contribution in [0.2, 0.25) is 10.0 Å². The fraction of sp³-hybridized carbons (Fsp3) is 0.529. The van der Waals surface area contributed by atoms with Crippen molar-refractivity contribution in [2.24, 2.45) is 0 Å². The molecule has 0 bridgehead atoms. The molecule has 5 nitrogen and oxygen atoms in total. The number of halogens is 2. The van der Waals surface area contributed by atoms with Crippen LogP contribution in [0.1, 0.15) is 23.2 Å². The summed E-state index contributed by atoms with van der Waals surface area (Å²) < 4.78 is 0. The van der Waals surface area contributed by atoms with Crippen molar-refractivity contribution in [3.05, 3.63) is 33.8 Å². The Bertz CT molecular complexity index is 604. The molecule has 3 rings (SSSR count). The highest BCUT2D eigenvalue weighted by Crippen LogP contribution is 2.20. The molecule has 0 aromatic heterocycles. The Morgan fingerprint density at radius 2 is 1.42 bits per heavy atom. The zero-order chi connectivity index (χ0) is 17.1. The summed E-state index contributed by atoms with van der Waals surface area (Å²) in [6.07, 6.45) is 2.21. The second kappa shape index (κ2) is 7.72. The SMILES string of the molecule is O=C(CN1CCN(C(=O)c2cc(Cl)cc(Cl)c2)CC1)N1CCCC1. The lowest BCUT2D eigenvalue weighted by Crippen LogP contribution is -2.51. The number of carbonyl (C=O) groups excluding carboxylic acids is 2. The molecule has 2 aliphatic rings. The summed E-state index contributed by atoms with van der Waals surface area (Å²) in [6, 6.07) is 4.89. The zero-order valence-electron chi connectivity index (χ0n) is 13.5. The van der Waals surface area contributed by atoms with E-state index in [0.29, 0.717) is 48.3 Å². The van der Waals surface area contributed by atoms with Crippen LogP contribution in [0.5, 0.6) is 0 Å². The number of piperazine rings is 1. The fourth-order valence-electron chi connectivity index (χ4n) is 3.23. The molecule has 1 aromatic rings. The van der Waals surface area contributed by atoms with Gasteiger partial charge in [-0.25, -0.2) is 0 Å². The van der Waals surface area contributed by atoms with E-state index in [2.05, 4.69) is 4.90 Å². The summed E-state index contributed by atoms with van der Waals surface area (Å²) >= 11 is 11.9. The summed E-state index contributed by atoms with van der Waals surface area (Å²) in [5, 5.41) is 0.918. The highest BCUT2D eigenvalue weighted by molar-refractivity contribution is 6.35. The van der Waals surface area contributed by atoms with Crippen LogP contribution in [0.3, 0.4) is 0 Å². The first-order valence-electron chi connectivity index (χ1n) is 8.28. The highest BCUT2D eigenvalue weighted by Gasteiger charge is 2.26. The fourth-order valence-corrected chi connectivity index (χ4v) is 3.75. The number of rotatable bonds is 3. The van der Waals surface area contributed by atoms with E-state index in [9.17, 15) is 9.59 Å². The number of hydrogen-bond donors (Lipinski definition) is 0. The molecule has 0 saturated carbocycles. The van der Waals surface area contributed by atoms with Gasteiger partial charge in [-0.05, 0) is 31.0 Å². The van der Waals surface area contributed by atoms with E-state index in [1.807, 2.05) is 4.90 Å². The number of nitrogens with zero attached hydrogens (tertiary/aromatic N) is 3. The molecule has 0 spiro atoms. The van der Waals surface area contributed by atoms with Crippen LogP contribution in [0, 0.1) is 0 Å². The van der Waals surface area contributed by atoms with E-state index in [1.165, 1.54) is 0 Å². The van der Waals surface area contributed by atoms with E-state index in [-0.39, 0.29) is 11.8 Å². The van der Waals surface area contributed by atoms with Crippen LogP contribution >= 0.6 is 23.2 Å². The largest absolute Gasteiger partial charge is 0.342 e. The maximum atomic E-state index is 12.6. The van der Waals surface area contributed by atoms with Crippen LogP contribution in [-0.4, -0.2) is 72.3 Å². The summed E-state index contributed by atoms with van der Waals surface area (Å²) in [5.74, 6) is 0.138. The van der Waals surface area contributed by atoms with E-state index in [1.54, 1.807) is 23.1 Å². The van der Waals surface area contributed by atoms with Gasteiger partial charge in [-0.15, -0.1) is 0 Å². The Morgan fingerprint density at radius 1 is 0.833 bits per heavy atom. The summed E-state index contributed by atoms with van der Waals surface area (Å²) in [6.45, 7) is 4.84. The van der Waals surface area contributed by atoms with Crippen LogP contribution in [0.4, 0.5) is 0 Å². The molecule has 130 valence electrons. The quantitative estimate of drug-likeness (QED) is 0.821. The van der Waals surface area contributed by atoms with Gasteiger partial charge in [-0.2, -0.15) is 0 Å². The van der Waals surface area contributed by atoms with Crippen molar-refractivity contribution in [2.75, 3.05) is 45.8 Å². The van der Waals surface area contributed by atoms with Crippen molar-refractivity contribution in [1.29, 1.82) is 0 Å². The van der Waals surface area contributed by atoms with Gasteiger partial charge in [-0.3, -0.25) is 14.5 Å². The third-order valence-corrected chi connectivity index (χ3v) is 5.02. The maximum Gasteiger partial charge on any atom is 0.254 e. The van der Waals surface area contributed by atoms with Gasteiger partial charge in [0.1, 0.15) is 0 Å². The first-order chi connectivity index (χ1) is 11.5. The van der Waals surface area contributed by atoms with Gasteiger partial charge in [0.25, 0.3) is 5.91 Å². The van der Waals surface area contributed by atoms with Crippen molar-refractivity contribution < 1.29 is 9.59 Å². The van der Waals surface area contributed by atoms with Gasteiger partial charge in [0.15, 0.2) is 0 Å². The summed E-state index contributed by atoms with van der Waals surface area (Å²) in [4.78, 5) is 30.6. The second-order valence-electron chi connectivity index (χ2n) is 6.31. The first-order valence-corrected chi connectivity index (χ1v) is 9.04. The molecular weight excluding hydrogens is 349 g/mol. The van der Waals surface area contributed by atoms with Crippen molar-refractivity contribution in [3.8, 4) is 0 Å². The van der Waals surface area contributed by atoms with E-state index < -0.39 is 0 Å². The molecular formula is C17H21Cl2N3O2. The lowest BCUT2D eigenvalue weighted by Gasteiger charge is -2.35. The average molecular weight is 370 g/mol. The Kier molecular flexibility index (Phi) is 5.64. The molecule has 0 unspecified atom stereocenters. The minimum Gasteiger partial charge on any atom is -0.342 e. The third-order valence-electron chi connectivity index (χ3n) is 4.59. The standard InChI is InChI=1S/C17H21Cl2N3O2/c18-14-9-13(10-15(19)11-14)17(24)22-7-5-20(6-8-22)12-16(23)21-3-1-2-4-21/h9-11H,1-8,12H2. The Balaban J connectivity index is 1.52. The Labute approximate surface area is 152 Å². The van der Waals surface area contributed by atoms with Crippen molar-refractivity contribution >= 4 is 35.0 Å². The lowest BCUT2D eigenvalue weighted by molar-refractivity contribution is -0.131. The average Bonchev–Trinajstić information content (AvgIpc) is 3.08. The maximum absolute atomic E-state index is 12.6. The molecule has 0 atom stereocenters. The number of benzene rings is 1. The molecule has 2 heterocycles. The zero-order valence-corrected chi connectivity index (χ0v) is 15.0. The van der Waals surface area contributed by atoms with Gasteiger partial charge < -0.3 is 9.80 Å². The molecule has 1 aromatic carbocycles. The van der Waals surface area contributed by atoms with Crippen LogP contribution in [-0.2, 0) is 4.79 Å². The molecule has 2 aliphatic heterocycles. The predicted molar refractivity (Wildman–Crippen MR) is 94.6 cm³/mol. The first kappa shape index (κ1) is 17.5. The van der Waals surface area contributed by atoms with Crippen molar-refractivity contribution in [1.82, 2.24) is 14.7 Å². The van der Waals surface area contributed by atoms with Gasteiger partial charge in [0.2, 0.25) is 5.91 Å². The summed E-state index contributed by atoms with van der Waals surface area (Å²) in [7, 11) is 0. The normalized spacial score (nSPS) is 18.9. The monoisotopic (exact) mass is 369 g/mol. The summed E-state index contributed by atoms with van der Waals surface area (Å²) in [5.41, 5.74) is 0.508. The van der Waals surface area contributed by atoms with Crippen LogP contribution < -0.4 is 0 Å². The third kappa shape index (κ3) is 4.21. The van der Waals surface area contributed by atoms with Crippen LogP contribution in [0.25, 0.3) is 0 Å². The lowest BCUT2D eigenvalue weighted by atomic mass is 10.2. The van der Waals surface area contributed by atoms with E-state index >= 15 is 0 Å². The Hall–Kier alpha value is -1.30.